The summed E-state index contributed by atoms with van der Waals surface area (Å²) in [6.45, 7) is -1.14. The molecule has 0 aliphatic heterocycles. The minimum atomic E-state index is -4.60. The van der Waals surface area contributed by atoms with Crippen LogP contribution in [-0.4, -0.2) is 20.8 Å². The number of aliphatic hydroxyl groups excluding tert-OH is 1. The summed E-state index contributed by atoms with van der Waals surface area (Å²) in [4.78, 5) is 10.5. The Hall–Kier alpha value is -1.57. The van der Waals surface area contributed by atoms with Crippen molar-refractivity contribution in [2.24, 2.45) is 5.73 Å². The number of amides is 1. The minimum Gasteiger partial charge on any atom is -0.390 e. The summed E-state index contributed by atoms with van der Waals surface area (Å²) in [6.07, 6.45) is -4.60. The Bertz CT molecular complexity index is 372. The maximum atomic E-state index is 12.2. The standard InChI is InChI=1S/C7H8F3N3O2/c8-7(9,10)5-1-4(3-14)13(12-5)2-6(11)15/h1,14H,2-3H2,(H2,11,15). The number of carbonyl (C=O) groups is 1. The number of halogens is 3. The van der Waals surface area contributed by atoms with Gasteiger partial charge in [0.25, 0.3) is 0 Å². The summed E-state index contributed by atoms with van der Waals surface area (Å²) in [7, 11) is 0. The molecule has 15 heavy (non-hydrogen) atoms. The van der Waals surface area contributed by atoms with Gasteiger partial charge in [-0.1, -0.05) is 0 Å². The molecule has 0 radical (unpaired) electrons. The smallest absolute Gasteiger partial charge is 0.390 e. The molecule has 0 aliphatic carbocycles. The van der Waals surface area contributed by atoms with Crippen LogP contribution in [0.2, 0.25) is 0 Å². The SMILES string of the molecule is NC(=O)Cn1nc(C(F)(F)F)cc1CO. The van der Waals surface area contributed by atoms with Gasteiger partial charge < -0.3 is 10.8 Å². The molecule has 1 aromatic heterocycles. The summed E-state index contributed by atoms with van der Waals surface area (Å²) in [5.41, 5.74) is 3.53. The quantitative estimate of drug-likeness (QED) is 0.749. The van der Waals surface area contributed by atoms with E-state index >= 15 is 0 Å². The van der Waals surface area contributed by atoms with Crippen LogP contribution in [0.1, 0.15) is 11.4 Å². The Kier molecular flexibility index (Phi) is 2.98. The van der Waals surface area contributed by atoms with Gasteiger partial charge in [-0.25, -0.2) is 0 Å². The summed E-state index contributed by atoms with van der Waals surface area (Å²) in [5.74, 6) is -0.832. The van der Waals surface area contributed by atoms with E-state index in [4.69, 9.17) is 10.8 Å². The lowest BCUT2D eigenvalue weighted by molar-refractivity contribution is -0.141. The van der Waals surface area contributed by atoms with Gasteiger partial charge >= 0.3 is 6.18 Å². The van der Waals surface area contributed by atoms with E-state index in [9.17, 15) is 18.0 Å². The lowest BCUT2D eigenvalue weighted by Crippen LogP contribution is -2.21. The monoisotopic (exact) mass is 223 g/mol. The van der Waals surface area contributed by atoms with Crippen molar-refractivity contribution in [1.82, 2.24) is 9.78 Å². The third-order valence-corrected chi connectivity index (χ3v) is 1.62. The first-order valence-electron chi connectivity index (χ1n) is 3.87. The zero-order valence-corrected chi connectivity index (χ0v) is 7.45. The number of hydrogen-bond donors (Lipinski definition) is 2. The van der Waals surface area contributed by atoms with Crippen molar-refractivity contribution in [3.8, 4) is 0 Å². The Labute approximate surface area is 82.3 Å². The van der Waals surface area contributed by atoms with E-state index < -0.39 is 30.9 Å². The van der Waals surface area contributed by atoms with Crippen LogP contribution >= 0.6 is 0 Å². The van der Waals surface area contributed by atoms with Crippen LogP contribution in [0, 0.1) is 0 Å². The molecular formula is C7H8F3N3O2. The number of alkyl halides is 3. The highest BCUT2D eigenvalue weighted by molar-refractivity contribution is 5.73. The molecular weight excluding hydrogens is 215 g/mol. The van der Waals surface area contributed by atoms with Crippen LogP contribution in [0.15, 0.2) is 6.07 Å². The van der Waals surface area contributed by atoms with Gasteiger partial charge in [0.15, 0.2) is 5.69 Å². The van der Waals surface area contributed by atoms with Gasteiger partial charge in [0.1, 0.15) is 6.54 Å². The lowest BCUT2D eigenvalue weighted by Gasteiger charge is -2.01. The number of aromatic nitrogens is 2. The van der Waals surface area contributed by atoms with Crippen molar-refractivity contribution in [2.75, 3.05) is 0 Å². The third-order valence-electron chi connectivity index (χ3n) is 1.62. The van der Waals surface area contributed by atoms with Crippen LogP contribution < -0.4 is 5.73 Å². The molecule has 84 valence electrons. The van der Waals surface area contributed by atoms with Crippen LogP contribution in [-0.2, 0) is 24.1 Å². The normalized spacial score (nSPS) is 11.7. The van der Waals surface area contributed by atoms with E-state index in [-0.39, 0.29) is 5.69 Å². The summed E-state index contributed by atoms with van der Waals surface area (Å²) >= 11 is 0. The lowest BCUT2D eigenvalue weighted by atomic mass is 10.3. The van der Waals surface area contributed by atoms with E-state index in [0.717, 1.165) is 4.68 Å². The molecule has 0 unspecified atom stereocenters. The number of primary amides is 1. The van der Waals surface area contributed by atoms with Crippen molar-refractivity contribution in [3.63, 3.8) is 0 Å². The van der Waals surface area contributed by atoms with Crippen molar-refractivity contribution >= 4 is 5.91 Å². The molecule has 0 aliphatic rings. The van der Waals surface area contributed by atoms with E-state index in [2.05, 4.69) is 5.10 Å². The van der Waals surface area contributed by atoms with E-state index in [0.29, 0.717) is 6.07 Å². The van der Waals surface area contributed by atoms with Gasteiger partial charge in [0.2, 0.25) is 5.91 Å². The summed E-state index contributed by atoms with van der Waals surface area (Å²) < 4.78 is 37.3. The Morgan fingerprint density at radius 2 is 2.20 bits per heavy atom. The second kappa shape index (κ2) is 3.89. The third kappa shape index (κ3) is 2.69. The first kappa shape index (κ1) is 11.5. The summed E-state index contributed by atoms with van der Waals surface area (Å²) in [6, 6.07) is 0.670. The fourth-order valence-electron chi connectivity index (χ4n) is 1.01. The van der Waals surface area contributed by atoms with Gasteiger partial charge in [-0.2, -0.15) is 18.3 Å². The molecule has 8 heteroatoms. The fourth-order valence-corrected chi connectivity index (χ4v) is 1.01. The van der Waals surface area contributed by atoms with Gasteiger partial charge in [-0.15, -0.1) is 0 Å². The topological polar surface area (TPSA) is 81.1 Å². The van der Waals surface area contributed by atoms with Crippen LogP contribution in [0.5, 0.6) is 0 Å². The second-order valence-corrected chi connectivity index (χ2v) is 2.80. The van der Waals surface area contributed by atoms with Gasteiger partial charge in [0, 0.05) is 0 Å². The maximum Gasteiger partial charge on any atom is 0.435 e. The largest absolute Gasteiger partial charge is 0.435 e. The Morgan fingerprint density at radius 3 is 2.60 bits per heavy atom. The van der Waals surface area contributed by atoms with Crippen LogP contribution in [0.25, 0.3) is 0 Å². The molecule has 0 atom stereocenters. The molecule has 0 saturated heterocycles. The number of nitrogens with two attached hydrogens (primary N) is 1. The zero-order valence-electron chi connectivity index (χ0n) is 7.45. The molecule has 5 nitrogen and oxygen atoms in total. The van der Waals surface area contributed by atoms with Crippen molar-refractivity contribution in [2.45, 2.75) is 19.3 Å². The average molecular weight is 223 g/mol. The highest BCUT2D eigenvalue weighted by Gasteiger charge is 2.34. The molecule has 0 spiro atoms. The van der Waals surface area contributed by atoms with Crippen LogP contribution in [0.4, 0.5) is 13.2 Å². The number of hydrogen-bond acceptors (Lipinski definition) is 3. The van der Waals surface area contributed by atoms with Crippen molar-refractivity contribution in [3.05, 3.63) is 17.5 Å². The molecule has 0 bridgehead atoms. The molecule has 1 heterocycles. The van der Waals surface area contributed by atoms with Crippen LogP contribution in [0.3, 0.4) is 0 Å². The van der Waals surface area contributed by atoms with E-state index in [1.807, 2.05) is 0 Å². The molecule has 3 N–H and O–H groups in total. The number of aliphatic hydroxyl groups is 1. The number of carbonyl (C=O) groups excluding carboxylic acids is 1. The summed E-state index contributed by atoms with van der Waals surface area (Å²) in [5, 5.41) is 11.9. The first-order chi connectivity index (χ1) is 6.84. The van der Waals surface area contributed by atoms with Gasteiger partial charge in [-0.3, -0.25) is 9.48 Å². The Morgan fingerprint density at radius 1 is 1.60 bits per heavy atom. The molecule has 1 amide bonds. The average Bonchev–Trinajstić information content (AvgIpc) is 2.45. The molecule has 1 rings (SSSR count). The minimum absolute atomic E-state index is 0.110. The van der Waals surface area contributed by atoms with E-state index in [1.165, 1.54) is 0 Å². The van der Waals surface area contributed by atoms with Gasteiger partial charge in [0.05, 0.1) is 12.3 Å². The maximum absolute atomic E-state index is 12.2. The van der Waals surface area contributed by atoms with Crippen molar-refractivity contribution in [1.29, 1.82) is 0 Å². The highest BCUT2D eigenvalue weighted by Crippen LogP contribution is 2.28. The van der Waals surface area contributed by atoms with Gasteiger partial charge in [-0.05, 0) is 6.07 Å². The molecule has 1 aromatic rings. The predicted octanol–water partition coefficient (Wildman–Crippen LogP) is -0.120. The molecule has 0 fully saturated rings. The fraction of sp³-hybridized carbons (Fsp3) is 0.429. The number of rotatable bonds is 3. The molecule has 0 saturated carbocycles. The Balaban J connectivity index is 3.06. The molecule has 0 aromatic carbocycles. The van der Waals surface area contributed by atoms with Crippen molar-refractivity contribution < 1.29 is 23.1 Å². The predicted molar refractivity (Wildman–Crippen MR) is 42.3 cm³/mol. The highest BCUT2D eigenvalue weighted by atomic mass is 19.4. The zero-order chi connectivity index (χ0) is 11.6. The number of nitrogens with zero attached hydrogens (tertiary/aromatic N) is 2. The second-order valence-electron chi connectivity index (χ2n) is 2.80. The first-order valence-corrected chi connectivity index (χ1v) is 3.87. The van der Waals surface area contributed by atoms with E-state index in [1.54, 1.807) is 0 Å².